The first kappa shape index (κ1) is 16.1. The van der Waals surface area contributed by atoms with Crippen LogP contribution in [0.4, 0.5) is 11.6 Å². The van der Waals surface area contributed by atoms with Crippen LogP contribution in [0.3, 0.4) is 0 Å². The second kappa shape index (κ2) is 7.10. The second-order valence-electron chi connectivity index (χ2n) is 6.64. The van der Waals surface area contributed by atoms with Crippen molar-refractivity contribution in [3.63, 3.8) is 0 Å². The van der Waals surface area contributed by atoms with E-state index in [9.17, 15) is 0 Å². The summed E-state index contributed by atoms with van der Waals surface area (Å²) in [5, 5.41) is 6.85. The Morgan fingerprint density at radius 2 is 1.62 bits per heavy atom. The lowest BCUT2D eigenvalue weighted by Crippen LogP contribution is -2.29. The smallest absolute Gasteiger partial charge is 0.135 e. The first-order valence-corrected chi connectivity index (χ1v) is 8.35. The quantitative estimate of drug-likeness (QED) is 0.847. The molecule has 118 valence electrons. The predicted molar refractivity (Wildman–Crippen MR) is 90.1 cm³/mol. The summed E-state index contributed by atoms with van der Waals surface area (Å²) in [6.07, 6.45) is 6.83. The molecule has 4 heteroatoms. The zero-order valence-electron chi connectivity index (χ0n) is 14.2. The summed E-state index contributed by atoms with van der Waals surface area (Å²) >= 11 is 0. The van der Waals surface area contributed by atoms with Crippen LogP contribution in [-0.4, -0.2) is 23.1 Å². The van der Waals surface area contributed by atoms with Crippen molar-refractivity contribution in [1.82, 2.24) is 9.97 Å². The average Bonchev–Trinajstić information content (AvgIpc) is 2.49. The van der Waals surface area contributed by atoms with Gasteiger partial charge in [-0.1, -0.05) is 33.1 Å². The largest absolute Gasteiger partial charge is 0.373 e. The van der Waals surface area contributed by atoms with E-state index >= 15 is 0 Å². The molecule has 1 aromatic heterocycles. The fourth-order valence-corrected chi connectivity index (χ4v) is 3.14. The first-order valence-electron chi connectivity index (χ1n) is 8.35. The number of hydrogen-bond acceptors (Lipinski definition) is 4. The Balaban J connectivity index is 2.19. The maximum Gasteiger partial charge on any atom is 0.135 e. The molecule has 0 aromatic carbocycles. The normalized spacial score (nSPS) is 17.8. The lowest BCUT2D eigenvalue weighted by atomic mass is 9.84. The van der Waals surface area contributed by atoms with Gasteiger partial charge in [-0.3, -0.25) is 0 Å². The molecule has 4 nitrogen and oxygen atoms in total. The highest BCUT2D eigenvalue weighted by molar-refractivity contribution is 5.57. The van der Waals surface area contributed by atoms with Crippen LogP contribution < -0.4 is 10.6 Å². The van der Waals surface area contributed by atoms with E-state index in [1.54, 1.807) is 0 Å². The first-order chi connectivity index (χ1) is 10.0. The zero-order chi connectivity index (χ0) is 15.4. The summed E-state index contributed by atoms with van der Waals surface area (Å²) in [5.41, 5.74) is 1.12. The third kappa shape index (κ3) is 3.86. The third-order valence-corrected chi connectivity index (χ3v) is 4.64. The Hall–Kier alpha value is -1.32. The summed E-state index contributed by atoms with van der Waals surface area (Å²) in [5.74, 6) is 3.95. The minimum absolute atomic E-state index is 0.336. The van der Waals surface area contributed by atoms with E-state index in [-0.39, 0.29) is 0 Å². The van der Waals surface area contributed by atoms with Crippen molar-refractivity contribution in [2.75, 3.05) is 17.7 Å². The number of nitrogens with one attached hydrogen (secondary N) is 2. The van der Waals surface area contributed by atoms with Crippen molar-refractivity contribution in [1.29, 1.82) is 0 Å². The molecule has 1 heterocycles. The average molecular weight is 290 g/mol. The fourth-order valence-electron chi connectivity index (χ4n) is 3.14. The zero-order valence-corrected chi connectivity index (χ0v) is 14.2. The van der Waals surface area contributed by atoms with Gasteiger partial charge in [0, 0.05) is 24.6 Å². The van der Waals surface area contributed by atoms with Crippen molar-refractivity contribution in [3.8, 4) is 0 Å². The van der Waals surface area contributed by atoms with Crippen molar-refractivity contribution >= 4 is 11.6 Å². The van der Waals surface area contributed by atoms with Gasteiger partial charge in [-0.25, -0.2) is 9.97 Å². The van der Waals surface area contributed by atoms with Gasteiger partial charge in [0.15, 0.2) is 0 Å². The SMILES string of the molecule is CNc1nc(C(C)C)nc(NC(C)C2CCCCC2)c1C. The molecule has 1 aliphatic rings. The van der Waals surface area contributed by atoms with Crippen LogP contribution in [0.2, 0.25) is 0 Å². The van der Waals surface area contributed by atoms with Crippen molar-refractivity contribution in [2.24, 2.45) is 5.92 Å². The van der Waals surface area contributed by atoms with Crippen LogP contribution in [0.1, 0.15) is 70.2 Å². The summed E-state index contributed by atoms with van der Waals surface area (Å²) in [7, 11) is 1.92. The molecule has 1 saturated carbocycles. The van der Waals surface area contributed by atoms with Gasteiger partial charge < -0.3 is 10.6 Å². The molecule has 0 aliphatic heterocycles. The van der Waals surface area contributed by atoms with E-state index in [2.05, 4.69) is 43.3 Å². The summed E-state index contributed by atoms with van der Waals surface area (Å²) in [6.45, 7) is 8.66. The number of nitrogens with zero attached hydrogens (tertiary/aromatic N) is 2. The van der Waals surface area contributed by atoms with Crippen LogP contribution in [0.15, 0.2) is 0 Å². The van der Waals surface area contributed by atoms with E-state index in [1.165, 1.54) is 32.1 Å². The lowest BCUT2D eigenvalue weighted by molar-refractivity contribution is 0.328. The van der Waals surface area contributed by atoms with E-state index in [0.29, 0.717) is 12.0 Å². The van der Waals surface area contributed by atoms with Crippen LogP contribution in [0.25, 0.3) is 0 Å². The number of anilines is 2. The van der Waals surface area contributed by atoms with Gasteiger partial charge in [0.25, 0.3) is 0 Å². The molecule has 1 aromatic rings. The maximum absolute atomic E-state index is 4.75. The minimum Gasteiger partial charge on any atom is -0.373 e. The standard InChI is InChI=1S/C17H30N4/c1-11(2)15-20-16(18-5)12(3)17(21-15)19-13(4)14-9-7-6-8-10-14/h11,13-14H,6-10H2,1-5H3,(H2,18,19,20,21). The van der Waals surface area contributed by atoms with Gasteiger partial charge in [0.2, 0.25) is 0 Å². The Kier molecular flexibility index (Phi) is 5.43. The van der Waals surface area contributed by atoms with E-state index < -0.39 is 0 Å². The molecule has 1 atom stereocenters. The van der Waals surface area contributed by atoms with Crippen molar-refractivity contribution < 1.29 is 0 Å². The van der Waals surface area contributed by atoms with E-state index in [1.807, 2.05) is 7.05 Å². The van der Waals surface area contributed by atoms with E-state index in [0.717, 1.165) is 28.9 Å². The molecule has 1 aliphatic carbocycles. The number of aromatic nitrogens is 2. The minimum atomic E-state index is 0.336. The van der Waals surface area contributed by atoms with Crippen molar-refractivity contribution in [3.05, 3.63) is 11.4 Å². The summed E-state index contributed by atoms with van der Waals surface area (Å²) < 4.78 is 0. The number of rotatable bonds is 5. The van der Waals surface area contributed by atoms with Gasteiger partial charge >= 0.3 is 0 Å². The lowest BCUT2D eigenvalue weighted by Gasteiger charge is -2.29. The van der Waals surface area contributed by atoms with Gasteiger partial charge in [-0.15, -0.1) is 0 Å². The van der Waals surface area contributed by atoms with Crippen LogP contribution in [-0.2, 0) is 0 Å². The molecule has 0 amide bonds. The van der Waals surface area contributed by atoms with Gasteiger partial charge in [-0.05, 0) is 32.6 Å². The highest BCUT2D eigenvalue weighted by Gasteiger charge is 2.22. The Morgan fingerprint density at radius 1 is 1.00 bits per heavy atom. The fraction of sp³-hybridized carbons (Fsp3) is 0.765. The molecular weight excluding hydrogens is 260 g/mol. The molecule has 1 unspecified atom stereocenters. The molecule has 2 rings (SSSR count). The second-order valence-corrected chi connectivity index (χ2v) is 6.64. The topological polar surface area (TPSA) is 49.8 Å². The van der Waals surface area contributed by atoms with Gasteiger partial charge in [-0.2, -0.15) is 0 Å². The monoisotopic (exact) mass is 290 g/mol. The molecule has 0 saturated heterocycles. The molecular formula is C17H30N4. The third-order valence-electron chi connectivity index (χ3n) is 4.64. The molecule has 0 bridgehead atoms. The van der Waals surface area contributed by atoms with Crippen LogP contribution in [0.5, 0.6) is 0 Å². The summed E-state index contributed by atoms with van der Waals surface area (Å²) in [6, 6.07) is 0.476. The molecule has 1 fully saturated rings. The van der Waals surface area contributed by atoms with Gasteiger partial charge in [0.1, 0.15) is 17.5 Å². The Labute approximate surface area is 129 Å². The Morgan fingerprint density at radius 3 is 2.19 bits per heavy atom. The van der Waals surface area contributed by atoms with Crippen LogP contribution in [0, 0.1) is 12.8 Å². The molecule has 21 heavy (non-hydrogen) atoms. The highest BCUT2D eigenvalue weighted by Crippen LogP contribution is 2.29. The maximum atomic E-state index is 4.75. The molecule has 0 spiro atoms. The molecule has 2 N–H and O–H groups in total. The van der Waals surface area contributed by atoms with E-state index in [4.69, 9.17) is 4.98 Å². The van der Waals surface area contributed by atoms with Crippen molar-refractivity contribution in [2.45, 2.75) is 71.8 Å². The van der Waals surface area contributed by atoms with Gasteiger partial charge in [0.05, 0.1) is 0 Å². The highest BCUT2D eigenvalue weighted by atomic mass is 15.1. The Bertz CT molecular complexity index is 464. The van der Waals surface area contributed by atoms with Crippen LogP contribution >= 0.6 is 0 Å². The predicted octanol–water partition coefficient (Wildman–Crippen LogP) is 4.33. The number of hydrogen-bond donors (Lipinski definition) is 2. The molecule has 0 radical (unpaired) electrons. The summed E-state index contributed by atoms with van der Waals surface area (Å²) in [4.78, 5) is 9.36.